The highest BCUT2D eigenvalue weighted by molar-refractivity contribution is 7.91. The van der Waals surface area contributed by atoms with Gasteiger partial charge >= 0.3 is 0 Å². The predicted octanol–water partition coefficient (Wildman–Crippen LogP) is -0.862. The summed E-state index contributed by atoms with van der Waals surface area (Å²) in [5.74, 6) is 0.482. The fourth-order valence-electron chi connectivity index (χ4n) is 2.92. The predicted molar refractivity (Wildman–Crippen MR) is 92.3 cm³/mol. The van der Waals surface area contributed by atoms with Crippen LogP contribution in [0.2, 0.25) is 0 Å². The van der Waals surface area contributed by atoms with Gasteiger partial charge in [0, 0.05) is 38.3 Å². The van der Waals surface area contributed by atoms with Crippen molar-refractivity contribution in [1.82, 2.24) is 20.2 Å². The summed E-state index contributed by atoms with van der Waals surface area (Å²) in [5, 5.41) is 5.91. The van der Waals surface area contributed by atoms with Crippen molar-refractivity contribution >= 4 is 21.6 Å². The van der Waals surface area contributed by atoms with Crippen LogP contribution in [0.5, 0.6) is 0 Å². The maximum atomic E-state index is 12.2. The highest BCUT2D eigenvalue weighted by Crippen LogP contribution is 2.16. The van der Waals surface area contributed by atoms with Gasteiger partial charge < -0.3 is 15.4 Å². The van der Waals surface area contributed by atoms with E-state index >= 15 is 0 Å². The molecule has 9 nitrogen and oxygen atoms in total. The van der Waals surface area contributed by atoms with Gasteiger partial charge in [-0.3, -0.25) is 9.69 Å². The van der Waals surface area contributed by atoms with Gasteiger partial charge in [-0.1, -0.05) is 0 Å². The Morgan fingerprint density at radius 3 is 2.84 bits per heavy atom. The lowest BCUT2D eigenvalue weighted by molar-refractivity contribution is 0.0383. The normalized spacial score (nSPS) is 23.3. The van der Waals surface area contributed by atoms with Crippen LogP contribution in [0.25, 0.3) is 0 Å². The van der Waals surface area contributed by atoms with Gasteiger partial charge in [0.25, 0.3) is 5.91 Å². The number of ether oxygens (including phenoxy) is 1. The Kier molecular flexibility index (Phi) is 5.82. The Balaban J connectivity index is 1.49. The smallest absolute Gasteiger partial charge is 0.270 e. The third kappa shape index (κ3) is 5.35. The van der Waals surface area contributed by atoms with E-state index in [1.807, 2.05) is 0 Å². The summed E-state index contributed by atoms with van der Waals surface area (Å²) in [6, 6.07) is 1.38. The number of rotatable bonds is 6. The molecule has 0 spiro atoms. The molecule has 3 heterocycles. The molecule has 2 saturated heterocycles. The van der Waals surface area contributed by atoms with E-state index in [0.717, 1.165) is 32.8 Å². The number of hydrogen-bond donors (Lipinski definition) is 2. The number of morpholine rings is 1. The van der Waals surface area contributed by atoms with E-state index in [1.165, 1.54) is 6.33 Å². The number of nitrogens with zero attached hydrogens (tertiary/aromatic N) is 3. The van der Waals surface area contributed by atoms with Crippen molar-refractivity contribution in [2.24, 2.45) is 0 Å². The number of nitrogens with one attached hydrogen (secondary N) is 2. The van der Waals surface area contributed by atoms with Crippen LogP contribution in [0.1, 0.15) is 16.9 Å². The topological polar surface area (TPSA) is 114 Å². The highest BCUT2D eigenvalue weighted by Gasteiger charge is 2.28. The van der Waals surface area contributed by atoms with E-state index in [9.17, 15) is 13.2 Å². The number of amides is 1. The summed E-state index contributed by atoms with van der Waals surface area (Å²) in [4.78, 5) is 22.5. The molecule has 10 heteroatoms. The molecular weight excluding hydrogens is 346 g/mol. The second-order valence-corrected chi connectivity index (χ2v) is 8.47. The average Bonchev–Trinajstić information content (AvgIpc) is 2.94. The zero-order valence-corrected chi connectivity index (χ0v) is 14.8. The number of anilines is 1. The SMILES string of the molecule is O=C(NCCN1CCOCC1)c1cc(NC2CCS(=O)(=O)C2)ncn1. The molecule has 2 aliphatic rings. The van der Waals surface area contributed by atoms with Crippen LogP contribution in [0.4, 0.5) is 5.82 Å². The summed E-state index contributed by atoms with van der Waals surface area (Å²) in [6.45, 7) is 4.51. The first-order valence-corrected chi connectivity index (χ1v) is 10.2. The van der Waals surface area contributed by atoms with E-state index in [0.29, 0.717) is 18.8 Å². The Labute approximate surface area is 147 Å². The quantitative estimate of drug-likeness (QED) is 0.666. The number of sulfone groups is 1. The molecule has 0 aromatic carbocycles. The zero-order chi connectivity index (χ0) is 17.7. The minimum absolute atomic E-state index is 0.0953. The van der Waals surface area contributed by atoms with Crippen molar-refractivity contribution in [3.63, 3.8) is 0 Å². The molecule has 3 rings (SSSR count). The molecule has 0 saturated carbocycles. The van der Waals surface area contributed by atoms with Gasteiger partial charge in [-0.2, -0.15) is 0 Å². The largest absolute Gasteiger partial charge is 0.379 e. The molecular formula is C15H23N5O4S. The molecule has 2 aliphatic heterocycles. The number of hydrogen-bond acceptors (Lipinski definition) is 8. The molecule has 1 unspecified atom stereocenters. The highest BCUT2D eigenvalue weighted by atomic mass is 32.2. The zero-order valence-electron chi connectivity index (χ0n) is 14.0. The third-order valence-corrected chi connectivity index (χ3v) is 6.07. The minimum atomic E-state index is -2.96. The van der Waals surface area contributed by atoms with Crippen LogP contribution >= 0.6 is 0 Å². The number of carbonyl (C=O) groups is 1. The second-order valence-electron chi connectivity index (χ2n) is 6.24. The van der Waals surface area contributed by atoms with E-state index in [1.54, 1.807) is 6.07 Å². The summed E-state index contributed by atoms with van der Waals surface area (Å²) in [5.41, 5.74) is 0.264. The summed E-state index contributed by atoms with van der Waals surface area (Å²) in [7, 11) is -2.96. The Morgan fingerprint density at radius 1 is 1.32 bits per heavy atom. The molecule has 1 aromatic heterocycles. The monoisotopic (exact) mass is 369 g/mol. The average molecular weight is 369 g/mol. The standard InChI is InChI=1S/C15H23N5O4S/c21-15(16-2-3-20-4-6-24-7-5-20)13-9-14(18-11-17-13)19-12-1-8-25(22,23)10-12/h9,11-12H,1-8,10H2,(H,16,21)(H,17,18,19). The number of carbonyl (C=O) groups excluding carboxylic acids is 1. The van der Waals surface area contributed by atoms with Gasteiger partial charge in [-0.15, -0.1) is 0 Å². The van der Waals surface area contributed by atoms with Crippen molar-refractivity contribution in [2.45, 2.75) is 12.5 Å². The molecule has 1 atom stereocenters. The van der Waals surface area contributed by atoms with Crippen molar-refractivity contribution < 1.29 is 17.9 Å². The molecule has 2 fully saturated rings. The first kappa shape index (κ1) is 18.0. The molecule has 0 aliphatic carbocycles. The number of aromatic nitrogens is 2. The van der Waals surface area contributed by atoms with E-state index in [2.05, 4.69) is 25.5 Å². The summed E-state index contributed by atoms with van der Waals surface area (Å²) >= 11 is 0. The van der Waals surface area contributed by atoms with Gasteiger partial charge in [-0.25, -0.2) is 18.4 Å². The van der Waals surface area contributed by atoms with Crippen molar-refractivity contribution in [3.8, 4) is 0 Å². The van der Waals surface area contributed by atoms with Crippen LogP contribution in [-0.4, -0.2) is 86.1 Å². The second kappa shape index (κ2) is 8.07. The summed E-state index contributed by atoms with van der Waals surface area (Å²) in [6.07, 6.45) is 1.86. The van der Waals surface area contributed by atoms with Gasteiger partial charge in [0.2, 0.25) is 0 Å². The first-order valence-electron chi connectivity index (χ1n) is 8.39. The van der Waals surface area contributed by atoms with E-state index < -0.39 is 9.84 Å². The fourth-order valence-corrected chi connectivity index (χ4v) is 4.59. The van der Waals surface area contributed by atoms with Crippen molar-refractivity contribution in [1.29, 1.82) is 0 Å². The lowest BCUT2D eigenvalue weighted by atomic mass is 10.2. The fraction of sp³-hybridized carbons (Fsp3) is 0.667. The van der Waals surface area contributed by atoms with Gasteiger partial charge in [0.15, 0.2) is 9.84 Å². The van der Waals surface area contributed by atoms with Gasteiger partial charge in [-0.05, 0) is 6.42 Å². The van der Waals surface area contributed by atoms with E-state index in [-0.39, 0.29) is 29.1 Å². The maximum absolute atomic E-state index is 12.2. The van der Waals surface area contributed by atoms with Gasteiger partial charge in [0.05, 0.1) is 24.7 Å². The lowest BCUT2D eigenvalue weighted by Crippen LogP contribution is -2.41. The Morgan fingerprint density at radius 2 is 2.12 bits per heavy atom. The molecule has 1 amide bonds. The molecule has 0 radical (unpaired) electrons. The Hall–Kier alpha value is -1.78. The molecule has 138 valence electrons. The maximum Gasteiger partial charge on any atom is 0.270 e. The lowest BCUT2D eigenvalue weighted by Gasteiger charge is -2.26. The first-order chi connectivity index (χ1) is 12.0. The van der Waals surface area contributed by atoms with E-state index in [4.69, 9.17) is 4.74 Å². The van der Waals surface area contributed by atoms with Crippen molar-refractivity contribution in [3.05, 3.63) is 18.1 Å². The third-order valence-electron chi connectivity index (χ3n) is 4.30. The molecule has 2 N–H and O–H groups in total. The van der Waals surface area contributed by atoms with Crippen LogP contribution in [0.15, 0.2) is 12.4 Å². The molecule has 25 heavy (non-hydrogen) atoms. The van der Waals surface area contributed by atoms with Crippen molar-refractivity contribution in [2.75, 3.05) is 56.2 Å². The van der Waals surface area contributed by atoms with Gasteiger partial charge in [0.1, 0.15) is 17.8 Å². The van der Waals surface area contributed by atoms with Crippen LogP contribution in [0, 0.1) is 0 Å². The minimum Gasteiger partial charge on any atom is -0.379 e. The summed E-state index contributed by atoms with van der Waals surface area (Å²) < 4.78 is 28.3. The Bertz CT molecular complexity index is 706. The van der Waals surface area contributed by atoms with Crippen LogP contribution < -0.4 is 10.6 Å². The molecule has 0 bridgehead atoms. The van der Waals surface area contributed by atoms with Crippen LogP contribution in [-0.2, 0) is 14.6 Å². The molecule has 1 aromatic rings. The van der Waals surface area contributed by atoms with Crippen LogP contribution in [0.3, 0.4) is 0 Å².